The van der Waals surface area contributed by atoms with Crippen LogP contribution in [0.25, 0.3) is 11.4 Å². The maximum atomic E-state index is 12.3. The van der Waals surface area contributed by atoms with Gasteiger partial charge < -0.3 is 19.9 Å². The Kier molecular flexibility index (Phi) is 5.00. The van der Waals surface area contributed by atoms with Gasteiger partial charge >= 0.3 is 5.97 Å². The molecule has 1 saturated heterocycles. The Morgan fingerprint density at radius 2 is 2.19 bits per heavy atom. The SMILES string of the molecule is CCOC(=O)c1c(N)nc(-c2cccc(C#N)c2C)nc1OC1COC1. The highest BCUT2D eigenvalue weighted by Gasteiger charge is 2.28. The zero-order valence-electron chi connectivity index (χ0n) is 14.5. The number of nitriles is 1. The van der Waals surface area contributed by atoms with Crippen LogP contribution in [0.3, 0.4) is 0 Å². The minimum atomic E-state index is -0.644. The average Bonchev–Trinajstić information content (AvgIpc) is 2.58. The molecular weight excluding hydrogens is 336 g/mol. The fraction of sp³-hybridized carbons (Fsp3) is 0.333. The van der Waals surface area contributed by atoms with Gasteiger partial charge in [-0.1, -0.05) is 12.1 Å². The van der Waals surface area contributed by atoms with Gasteiger partial charge in [-0.2, -0.15) is 10.2 Å². The van der Waals surface area contributed by atoms with E-state index in [0.29, 0.717) is 24.3 Å². The van der Waals surface area contributed by atoms with Gasteiger partial charge in [0.25, 0.3) is 0 Å². The van der Waals surface area contributed by atoms with Crippen LogP contribution in [-0.2, 0) is 9.47 Å². The normalized spacial score (nSPS) is 13.6. The standard InChI is InChI=1S/C18H18N4O4/c1-3-25-18(23)14-15(20)21-16(22-17(14)26-12-8-24-9-12)13-6-4-5-11(7-19)10(13)2/h4-6,12H,3,8-9H2,1-2H3,(H2,20,21,22). The first kappa shape index (κ1) is 17.6. The molecule has 134 valence electrons. The molecule has 1 aromatic carbocycles. The van der Waals surface area contributed by atoms with E-state index in [0.717, 1.165) is 5.56 Å². The number of hydrogen-bond acceptors (Lipinski definition) is 8. The van der Waals surface area contributed by atoms with Crippen LogP contribution in [-0.4, -0.2) is 41.9 Å². The van der Waals surface area contributed by atoms with Crippen molar-refractivity contribution in [3.8, 4) is 23.3 Å². The third-order valence-corrected chi connectivity index (χ3v) is 3.96. The van der Waals surface area contributed by atoms with Crippen molar-refractivity contribution in [1.82, 2.24) is 9.97 Å². The molecule has 0 amide bonds. The van der Waals surface area contributed by atoms with Crippen molar-refractivity contribution in [2.45, 2.75) is 20.0 Å². The largest absolute Gasteiger partial charge is 0.469 e. The van der Waals surface area contributed by atoms with Crippen LogP contribution < -0.4 is 10.5 Å². The molecule has 1 aliphatic rings. The summed E-state index contributed by atoms with van der Waals surface area (Å²) in [5.74, 6) is -0.346. The van der Waals surface area contributed by atoms with Crippen LogP contribution in [0.4, 0.5) is 5.82 Å². The van der Waals surface area contributed by atoms with Crippen molar-refractivity contribution in [2.75, 3.05) is 25.6 Å². The molecule has 2 heterocycles. The molecule has 0 radical (unpaired) electrons. The maximum absolute atomic E-state index is 12.3. The second kappa shape index (κ2) is 7.37. The van der Waals surface area contributed by atoms with Crippen molar-refractivity contribution < 1.29 is 19.0 Å². The number of rotatable bonds is 5. The summed E-state index contributed by atoms with van der Waals surface area (Å²) in [6, 6.07) is 7.35. The van der Waals surface area contributed by atoms with Crippen molar-refractivity contribution in [2.24, 2.45) is 0 Å². The molecule has 3 rings (SSSR count). The van der Waals surface area contributed by atoms with Gasteiger partial charge in [-0.05, 0) is 25.5 Å². The van der Waals surface area contributed by atoms with Crippen LogP contribution in [0.1, 0.15) is 28.4 Å². The van der Waals surface area contributed by atoms with Crippen molar-refractivity contribution >= 4 is 11.8 Å². The molecule has 1 aromatic heterocycles. The summed E-state index contributed by atoms with van der Waals surface area (Å²) < 4.78 is 15.9. The number of carbonyl (C=O) groups excluding carboxylic acids is 1. The van der Waals surface area contributed by atoms with Gasteiger partial charge in [0, 0.05) is 5.56 Å². The van der Waals surface area contributed by atoms with E-state index in [-0.39, 0.29) is 35.8 Å². The zero-order valence-corrected chi connectivity index (χ0v) is 14.5. The van der Waals surface area contributed by atoms with Gasteiger partial charge in [-0.15, -0.1) is 0 Å². The van der Waals surface area contributed by atoms with E-state index >= 15 is 0 Å². The molecular formula is C18H18N4O4. The Bertz CT molecular complexity index is 887. The molecule has 0 spiro atoms. The lowest BCUT2D eigenvalue weighted by molar-refractivity contribution is -0.0816. The molecule has 0 unspecified atom stereocenters. The minimum Gasteiger partial charge on any atom is -0.469 e. The van der Waals surface area contributed by atoms with Crippen molar-refractivity contribution in [3.63, 3.8) is 0 Å². The number of benzene rings is 1. The molecule has 1 fully saturated rings. The Morgan fingerprint density at radius 3 is 2.81 bits per heavy atom. The van der Waals surface area contributed by atoms with E-state index in [1.165, 1.54) is 0 Å². The van der Waals surface area contributed by atoms with Crippen LogP contribution >= 0.6 is 0 Å². The number of esters is 1. The first-order chi connectivity index (χ1) is 12.5. The quantitative estimate of drug-likeness (QED) is 0.808. The van der Waals surface area contributed by atoms with Crippen molar-refractivity contribution in [3.05, 3.63) is 34.9 Å². The summed E-state index contributed by atoms with van der Waals surface area (Å²) in [4.78, 5) is 20.9. The van der Waals surface area contributed by atoms with Gasteiger partial charge in [-0.25, -0.2) is 9.78 Å². The first-order valence-electron chi connectivity index (χ1n) is 8.14. The number of aromatic nitrogens is 2. The first-order valence-corrected chi connectivity index (χ1v) is 8.14. The van der Waals surface area contributed by atoms with Gasteiger partial charge in [-0.3, -0.25) is 0 Å². The van der Waals surface area contributed by atoms with Gasteiger partial charge in [0.15, 0.2) is 11.4 Å². The number of anilines is 1. The maximum Gasteiger partial charge on any atom is 0.347 e. The van der Waals surface area contributed by atoms with Crippen LogP contribution in [0.2, 0.25) is 0 Å². The molecule has 8 nitrogen and oxygen atoms in total. The number of nitrogen functional groups attached to an aromatic ring is 1. The van der Waals surface area contributed by atoms with Gasteiger partial charge in [0.05, 0.1) is 31.5 Å². The fourth-order valence-corrected chi connectivity index (χ4v) is 2.50. The summed E-state index contributed by atoms with van der Waals surface area (Å²) in [6.07, 6.45) is -0.211. The number of hydrogen-bond donors (Lipinski definition) is 1. The second-order valence-corrected chi connectivity index (χ2v) is 5.70. The van der Waals surface area contributed by atoms with E-state index in [1.54, 1.807) is 32.0 Å². The summed E-state index contributed by atoms with van der Waals surface area (Å²) >= 11 is 0. The van der Waals surface area contributed by atoms with Gasteiger partial charge in [0.1, 0.15) is 11.9 Å². The Balaban J connectivity index is 2.10. The third-order valence-electron chi connectivity index (χ3n) is 3.96. The molecule has 8 heteroatoms. The Hall–Kier alpha value is -3.18. The van der Waals surface area contributed by atoms with E-state index in [9.17, 15) is 10.1 Å². The summed E-state index contributed by atoms with van der Waals surface area (Å²) in [5.41, 5.74) is 7.88. The highest BCUT2D eigenvalue weighted by molar-refractivity contribution is 5.97. The van der Waals surface area contributed by atoms with E-state index < -0.39 is 5.97 Å². The van der Waals surface area contributed by atoms with E-state index in [1.807, 2.05) is 0 Å². The summed E-state index contributed by atoms with van der Waals surface area (Å²) in [6.45, 7) is 4.50. The highest BCUT2D eigenvalue weighted by Crippen LogP contribution is 2.30. The monoisotopic (exact) mass is 354 g/mol. The molecule has 0 bridgehead atoms. The van der Waals surface area contributed by atoms with Crippen LogP contribution in [0.5, 0.6) is 5.88 Å². The second-order valence-electron chi connectivity index (χ2n) is 5.70. The number of carbonyl (C=O) groups is 1. The van der Waals surface area contributed by atoms with Crippen LogP contribution in [0, 0.1) is 18.3 Å². The van der Waals surface area contributed by atoms with E-state index in [2.05, 4.69) is 16.0 Å². The third kappa shape index (κ3) is 3.30. The number of nitrogens with zero attached hydrogens (tertiary/aromatic N) is 3. The molecule has 2 aromatic rings. The molecule has 2 N–H and O–H groups in total. The Labute approximate surface area is 150 Å². The van der Waals surface area contributed by atoms with Gasteiger partial charge in [0.2, 0.25) is 5.88 Å². The molecule has 0 saturated carbocycles. The highest BCUT2D eigenvalue weighted by atomic mass is 16.6. The number of ether oxygens (including phenoxy) is 3. The summed E-state index contributed by atoms with van der Waals surface area (Å²) in [7, 11) is 0. The molecule has 0 aliphatic carbocycles. The van der Waals surface area contributed by atoms with Crippen molar-refractivity contribution in [1.29, 1.82) is 5.26 Å². The molecule has 26 heavy (non-hydrogen) atoms. The molecule has 1 aliphatic heterocycles. The lowest BCUT2D eigenvalue weighted by Gasteiger charge is -2.27. The minimum absolute atomic E-state index is 0.00316. The predicted octanol–water partition coefficient (Wildman–Crippen LogP) is 1.86. The Morgan fingerprint density at radius 1 is 1.42 bits per heavy atom. The smallest absolute Gasteiger partial charge is 0.347 e. The topological polar surface area (TPSA) is 120 Å². The van der Waals surface area contributed by atoms with E-state index in [4.69, 9.17) is 19.9 Å². The lowest BCUT2D eigenvalue weighted by atomic mass is 10.0. The molecule has 0 atom stereocenters. The average molecular weight is 354 g/mol. The fourth-order valence-electron chi connectivity index (χ4n) is 2.50. The predicted molar refractivity (Wildman–Crippen MR) is 92.5 cm³/mol. The zero-order chi connectivity index (χ0) is 18.7. The summed E-state index contributed by atoms with van der Waals surface area (Å²) in [5, 5.41) is 9.22. The lowest BCUT2D eigenvalue weighted by Crippen LogP contribution is -2.39. The van der Waals surface area contributed by atoms with Crippen LogP contribution in [0.15, 0.2) is 18.2 Å². The number of nitrogens with two attached hydrogens (primary N) is 1.